The largest absolute Gasteiger partial charge is 0.481 e. The Morgan fingerprint density at radius 2 is 2.00 bits per heavy atom. The first kappa shape index (κ1) is 17.4. The van der Waals surface area contributed by atoms with Crippen LogP contribution in [0.15, 0.2) is 30.3 Å². The van der Waals surface area contributed by atoms with E-state index in [9.17, 15) is 9.59 Å². The van der Waals surface area contributed by atoms with Crippen LogP contribution in [0.4, 0.5) is 10.5 Å². The van der Waals surface area contributed by atoms with Crippen LogP contribution in [-0.2, 0) is 4.79 Å². The summed E-state index contributed by atoms with van der Waals surface area (Å²) in [6.07, 6.45) is 1.95. The molecule has 116 valence electrons. The minimum atomic E-state index is -0.917. The molecule has 0 saturated heterocycles. The molecule has 0 heterocycles. The number of carbonyl (C=O) groups excluding carboxylic acids is 1. The third-order valence-electron chi connectivity index (χ3n) is 2.92. The van der Waals surface area contributed by atoms with E-state index in [4.69, 9.17) is 5.11 Å². The molecule has 0 aliphatic heterocycles. The average Bonchev–Trinajstić information content (AvgIpc) is 2.46. The van der Waals surface area contributed by atoms with E-state index in [1.165, 1.54) is 4.90 Å². The lowest BCUT2D eigenvalue weighted by Gasteiger charge is -2.23. The molecule has 1 unspecified atom stereocenters. The molecule has 0 saturated carbocycles. The van der Waals surface area contributed by atoms with Crippen molar-refractivity contribution < 1.29 is 14.7 Å². The zero-order valence-corrected chi connectivity index (χ0v) is 13.2. The number of carboxylic acid groups (broad SMARTS) is 1. The van der Waals surface area contributed by atoms with Gasteiger partial charge < -0.3 is 10.4 Å². The van der Waals surface area contributed by atoms with E-state index in [2.05, 4.69) is 12.2 Å². The third kappa shape index (κ3) is 6.53. The minimum Gasteiger partial charge on any atom is -0.481 e. The third-order valence-corrected chi connectivity index (χ3v) is 3.82. The van der Waals surface area contributed by atoms with Gasteiger partial charge in [0.25, 0.3) is 0 Å². The number of para-hydroxylation sites is 1. The summed E-state index contributed by atoms with van der Waals surface area (Å²) in [5.41, 5.74) is 0.703. The fourth-order valence-corrected chi connectivity index (χ4v) is 2.55. The standard InChI is InChI=1S/C15H22N2O3S/c1-12(11-21-2)10-16-15(20)17(9-8-14(18)19)13-6-4-3-5-7-13/h3-7,12H,8-11H2,1-2H3,(H,16,20)(H,18,19). The van der Waals surface area contributed by atoms with Gasteiger partial charge in [0, 0.05) is 18.8 Å². The zero-order valence-electron chi connectivity index (χ0n) is 12.4. The maximum Gasteiger partial charge on any atom is 0.321 e. The maximum absolute atomic E-state index is 12.3. The molecule has 1 atom stereocenters. The molecular formula is C15H22N2O3S. The van der Waals surface area contributed by atoms with Crippen molar-refractivity contribution in [2.24, 2.45) is 5.92 Å². The molecule has 0 aliphatic carbocycles. The van der Waals surface area contributed by atoms with Crippen LogP contribution in [0.2, 0.25) is 0 Å². The molecule has 1 aromatic carbocycles. The molecule has 5 nitrogen and oxygen atoms in total. The lowest BCUT2D eigenvalue weighted by Crippen LogP contribution is -2.43. The van der Waals surface area contributed by atoms with Gasteiger partial charge in [-0.2, -0.15) is 11.8 Å². The van der Waals surface area contributed by atoms with E-state index in [0.29, 0.717) is 18.2 Å². The number of carboxylic acids is 1. The van der Waals surface area contributed by atoms with Crippen LogP contribution in [0, 0.1) is 5.92 Å². The van der Waals surface area contributed by atoms with Crippen LogP contribution in [-0.4, -0.2) is 42.2 Å². The van der Waals surface area contributed by atoms with Gasteiger partial charge in [0.05, 0.1) is 6.42 Å². The average molecular weight is 310 g/mol. The molecule has 2 amide bonds. The Morgan fingerprint density at radius 1 is 1.33 bits per heavy atom. The summed E-state index contributed by atoms with van der Waals surface area (Å²) in [5.74, 6) is 0.432. The van der Waals surface area contributed by atoms with Crippen molar-refractivity contribution >= 4 is 29.4 Å². The predicted molar refractivity (Wildman–Crippen MR) is 87.0 cm³/mol. The Morgan fingerprint density at radius 3 is 2.57 bits per heavy atom. The maximum atomic E-state index is 12.3. The van der Waals surface area contributed by atoms with Crippen LogP contribution in [0.25, 0.3) is 0 Å². The zero-order chi connectivity index (χ0) is 15.7. The molecular weight excluding hydrogens is 288 g/mol. The summed E-state index contributed by atoms with van der Waals surface area (Å²) in [6.45, 7) is 2.80. The van der Waals surface area contributed by atoms with E-state index in [1.807, 2.05) is 24.5 Å². The van der Waals surface area contributed by atoms with E-state index in [0.717, 1.165) is 5.75 Å². The van der Waals surface area contributed by atoms with Crippen molar-refractivity contribution in [1.29, 1.82) is 0 Å². The topological polar surface area (TPSA) is 69.6 Å². The van der Waals surface area contributed by atoms with Crippen molar-refractivity contribution in [3.05, 3.63) is 30.3 Å². The number of hydrogen-bond acceptors (Lipinski definition) is 3. The van der Waals surface area contributed by atoms with E-state index < -0.39 is 5.97 Å². The van der Waals surface area contributed by atoms with Crippen LogP contribution in [0.5, 0.6) is 0 Å². The van der Waals surface area contributed by atoms with Gasteiger partial charge in [-0.15, -0.1) is 0 Å². The Bertz CT molecular complexity index is 453. The second-order valence-corrected chi connectivity index (χ2v) is 5.79. The number of urea groups is 1. The predicted octanol–water partition coefficient (Wildman–Crippen LogP) is 2.68. The monoisotopic (exact) mass is 310 g/mol. The Balaban J connectivity index is 2.67. The second-order valence-electron chi connectivity index (χ2n) is 4.88. The van der Waals surface area contributed by atoms with Gasteiger partial charge >= 0.3 is 12.0 Å². The fraction of sp³-hybridized carbons (Fsp3) is 0.467. The molecule has 0 aliphatic rings. The van der Waals surface area contributed by atoms with Gasteiger partial charge in [0.15, 0.2) is 0 Å². The van der Waals surface area contributed by atoms with E-state index in [-0.39, 0.29) is 19.0 Å². The Hall–Kier alpha value is -1.69. The Kier molecular flexibility index (Phi) is 7.68. The number of nitrogens with zero attached hydrogens (tertiary/aromatic N) is 1. The van der Waals surface area contributed by atoms with Crippen molar-refractivity contribution in [3.8, 4) is 0 Å². The van der Waals surface area contributed by atoms with Crippen molar-refractivity contribution in [3.63, 3.8) is 0 Å². The molecule has 6 heteroatoms. The van der Waals surface area contributed by atoms with Crippen LogP contribution in [0.3, 0.4) is 0 Å². The number of carbonyl (C=O) groups is 2. The highest BCUT2D eigenvalue weighted by molar-refractivity contribution is 7.98. The molecule has 1 rings (SSSR count). The number of aliphatic carboxylic acids is 1. The number of hydrogen-bond donors (Lipinski definition) is 2. The number of nitrogens with one attached hydrogen (secondary N) is 1. The first-order valence-electron chi connectivity index (χ1n) is 6.85. The SMILES string of the molecule is CSCC(C)CNC(=O)N(CCC(=O)O)c1ccccc1. The van der Waals surface area contributed by atoms with Gasteiger partial charge in [0.2, 0.25) is 0 Å². The minimum absolute atomic E-state index is 0.0807. The lowest BCUT2D eigenvalue weighted by molar-refractivity contribution is -0.136. The van der Waals surface area contributed by atoms with Crippen LogP contribution < -0.4 is 10.2 Å². The summed E-state index contributed by atoms with van der Waals surface area (Å²) in [6, 6.07) is 8.85. The quantitative estimate of drug-likeness (QED) is 0.774. The first-order valence-corrected chi connectivity index (χ1v) is 8.25. The molecule has 0 radical (unpaired) electrons. The van der Waals surface area contributed by atoms with Gasteiger partial charge in [-0.05, 0) is 30.1 Å². The fourth-order valence-electron chi connectivity index (χ4n) is 1.86. The van der Waals surface area contributed by atoms with Crippen molar-refractivity contribution in [2.75, 3.05) is 30.0 Å². The lowest BCUT2D eigenvalue weighted by atomic mass is 10.2. The normalized spacial score (nSPS) is 11.7. The highest BCUT2D eigenvalue weighted by atomic mass is 32.2. The molecule has 0 aromatic heterocycles. The van der Waals surface area contributed by atoms with Gasteiger partial charge in [-0.25, -0.2) is 4.79 Å². The van der Waals surface area contributed by atoms with Crippen molar-refractivity contribution in [1.82, 2.24) is 5.32 Å². The molecule has 0 fully saturated rings. The molecule has 1 aromatic rings. The van der Waals surface area contributed by atoms with Gasteiger partial charge in [-0.3, -0.25) is 9.69 Å². The summed E-state index contributed by atoms with van der Waals surface area (Å²) < 4.78 is 0. The summed E-state index contributed by atoms with van der Waals surface area (Å²) in [4.78, 5) is 24.5. The number of thioether (sulfide) groups is 1. The van der Waals surface area contributed by atoms with Crippen LogP contribution >= 0.6 is 11.8 Å². The summed E-state index contributed by atoms with van der Waals surface area (Å²) in [5, 5.41) is 11.7. The van der Waals surface area contributed by atoms with E-state index in [1.54, 1.807) is 23.9 Å². The van der Waals surface area contributed by atoms with E-state index >= 15 is 0 Å². The van der Waals surface area contributed by atoms with Gasteiger partial charge in [-0.1, -0.05) is 25.1 Å². The summed E-state index contributed by atoms with van der Waals surface area (Å²) in [7, 11) is 0. The Labute approximate surface area is 129 Å². The van der Waals surface area contributed by atoms with Crippen molar-refractivity contribution in [2.45, 2.75) is 13.3 Å². The second kappa shape index (κ2) is 9.28. The molecule has 0 bridgehead atoms. The number of anilines is 1. The highest BCUT2D eigenvalue weighted by Crippen LogP contribution is 2.14. The number of rotatable bonds is 8. The summed E-state index contributed by atoms with van der Waals surface area (Å²) >= 11 is 1.74. The highest BCUT2D eigenvalue weighted by Gasteiger charge is 2.17. The molecule has 2 N–H and O–H groups in total. The molecule has 21 heavy (non-hydrogen) atoms. The number of benzene rings is 1. The smallest absolute Gasteiger partial charge is 0.321 e. The first-order chi connectivity index (χ1) is 10.0. The number of amides is 2. The van der Waals surface area contributed by atoms with Gasteiger partial charge in [0.1, 0.15) is 0 Å². The molecule has 0 spiro atoms. The van der Waals surface area contributed by atoms with Crippen LogP contribution in [0.1, 0.15) is 13.3 Å².